The normalized spacial score (nSPS) is 13.4. The van der Waals surface area contributed by atoms with Gasteiger partial charge in [-0.3, -0.25) is 0 Å². The van der Waals surface area contributed by atoms with Gasteiger partial charge in [-0.1, -0.05) is 0 Å². The van der Waals surface area contributed by atoms with E-state index in [0.29, 0.717) is 6.07 Å². The summed E-state index contributed by atoms with van der Waals surface area (Å²) in [6.45, 7) is -1.15. The molecular formula is C10H9F4NO5S. The number of benzene rings is 1. The number of carboxylic acids is 1. The Morgan fingerprint density at radius 2 is 1.86 bits per heavy atom. The summed E-state index contributed by atoms with van der Waals surface area (Å²) < 4.78 is 75.3. The molecule has 1 aromatic carbocycles. The monoisotopic (exact) mass is 331 g/mol. The molecule has 21 heavy (non-hydrogen) atoms. The van der Waals surface area contributed by atoms with Gasteiger partial charge in [-0.15, -0.1) is 0 Å². The average Bonchev–Trinajstić information content (AvgIpc) is 2.38. The molecule has 0 heterocycles. The Hall–Kier alpha value is -1.72. The number of aliphatic hydroxyl groups excluding tert-OH is 1. The molecule has 0 bridgehead atoms. The van der Waals surface area contributed by atoms with Crippen LogP contribution < -0.4 is 4.72 Å². The second-order valence-corrected chi connectivity index (χ2v) is 5.56. The maximum atomic E-state index is 13.4. The molecule has 1 unspecified atom stereocenters. The standard InChI is InChI=1S/C10H9F4NO5S/c11-5-1-4(10(17)18)2-7(8(5)12)21(19,20)15-3-6(16)9(13)14/h1-2,6,9,15-16H,3H2,(H,17,18). The molecule has 0 spiro atoms. The Morgan fingerprint density at radius 1 is 1.29 bits per heavy atom. The molecule has 0 saturated carbocycles. The number of aliphatic hydroxyl groups is 1. The van der Waals surface area contributed by atoms with Crippen LogP contribution in [0.4, 0.5) is 17.6 Å². The molecule has 1 aromatic rings. The number of alkyl halides is 2. The van der Waals surface area contributed by atoms with Gasteiger partial charge in [0.25, 0.3) is 6.43 Å². The van der Waals surface area contributed by atoms with E-state index in [2.05, 4.69) is 0 Å². The smallest absolute Gasteiger partial charge is 0.335 e. The lowest BCUT2D eigenvalue weighted by Crippen LogP contribution is -2.36. The van der Waals surface area contributed by atoms with Gasteiger partial charge >= 0.3 is 5.97 Å². The van der Waals surface area contributed by atoms with Gasteiger partial charge in [0.15, 0.2) is 11.6 Å². The summed E-state index contributed by atoms with van der Waals surface area (Å²) >= 11 is 0. The van der Waals surface area contributed by atoms with Crippen LogP contribution in [0.2, 0.25) is 0 Å². The largest absolute Gasteiger partial charge is 0.478 e. The van der Waals surface area contributed by atoms with E-state index in [9.17, 15) is 30.8 Å². The second-order valence-electron chi connectivity index (χ2n) is 3.83. The predicted molar refractivity (Wildman–Crippen MR) is 60.5 cm³/mol. The topological polar surface area (TPSA) is 104 Å². The molecule has 0 amide bonds. The summed E-state index contributed by atoms with van der Waals surface area (Å²) in [6, 6.07) is 0.600. The first-order valence-corrected chi connectivity index (χ1v) is 6.72. The first-order valence-electron chi connectivity index (χ1n) is 5.24. The van der Waals surface area contributed by atoms with Crippen molar-refractivity contribution < 1.29 is 41.0 Å². The highest BCUT2D eigenvalue weighted by Crippen LogP contribution is 2.20. The van der Waals surface area contributed by atoms with Crippen molar-refractivity contribution >= 4 is 16.0 Å². The van der Waals surface area contributed by atoms with Crippen molar-refractivity contribution in [3.05, 3.63) is 29.3 Å². The number of aromatic carboxylic acids is 1. The summed E-state index contributed by atoms with van der Waals surface area (Å²) in [5, 5.41) is 17.4. The molecular weight excluding hydrogens is 322 g/mol. The van der Waals surface area contributed by atoms with E-state index in [-0.39, 0.29) is 6.07 Å². The molecule has 0 saturated heterocycles. The van der Waals surface area contributed by atoms with Gasteiger partial charge in [-0.05, 0) is 12.1 Å². The number of hydrogen-bond acceptors (Lipinski definition) is 4. The zero-order chi connectivity index (χ0) is 16.4. The third-order valence-corrected chi connectivity index (χ3v) is 3.73. The molecule has 6 nitrogen and oxygen atoms in total. The molecule has 0 radical (unpaired) electrons. The molecule has 0 aliphatic rings. The van der Waals surface area contributed by atoms with Crippen LogP contribution in [0.15, 0.2) is 17.0 Å². The lowest BCUT2D eigenvalue weighted by atomic mass is 10.2. The predicted octanol–water partition coefficient (Wildman–Crippen LogP) is 0.567. The number of carboxylic acid groups (broad SMARTS) is 1. The average molecular weight is 331 g/mol. The fourth-order valence-corrected chi connectivity index (χ4v) is 2.41. The molecule has 11 heteroatoms. The fraction of sp³-hybridized carbons (Fsp3) is 0.300. The van der Waals surface area contributed by atoms with Crippen LogP contribution in [0.5, 0.6) is 0 Å². The fourth-order valence-electron chi connectivity index (χ4n) is 1.24. The highest BCUT2D eigenvalue weighted by molar-refractivity contribution is 7.89. The van der Waals surface area contributed by atoms with E-state index < -0.39 is 57.2 Å². The number of halogens is 4. The van der Waals surface area contributed by atoms with Crippen LogP contribution in [0.1, 0.15) is 10.4 Å². The van der Waals surface area contributed by atoms with E-state index in [0.717, 1.165) is 0 Å². The minimum atomic E-state index is -4.82. The maximum Gasteiger partial charge on any atom is 0.335 e. The lowest BCUT2D eigenvalue weighted by molar-refractivity contribution is -0.000457. The van der Waals surface area contributed by atoms with Crippen molar-refractivity contribution in [2.45, 2.75) is 17.4 Å². The third kappa shape index (κ3) is 4.12. The van der Waals surface area contributed by atoms with Crippen molar-refractivity contribution in [1.29, 1.82) is 0 Å². The van der Waals surface area contributed by atoms with E-state index in [1.165, 1.54) is 4.72 Å². The van der Waals surface area contributed by atoms with Crippen molar-refractivity contribution in [2.24, 2.45) is 0 Å². The van der Waals surface area contributed by atoms with Gasteiger partial charge in [0.1, 0.15) is 11.0 Å². The Kier molecular flexibility index (Phi) is 5.25. The second kappa shape index (κ2) is 6.37. The number of hydrogen-bond donors (Lipinski definition) is 3. The van der Waals surface area contributed by atoms with Gasteiger partial charge < -0.3 is 10.2 Å². The Bertz CT molecular complexity index is 649. The quantitative estimate of drug-likeness (QED) is 0.661. The van der Waals surface area contributed by atoms with E-state index >= 15 is 0 Å². The van der Waals surface area contributed by atoms with Crippen molar-refractivity contribution in [3.63, 3.8) is 0 Å². The number of nitrogens with one attached hydrogen (secondary N) is 1. The molecule has 118 valence electrons. The minimum absolute atomic E-state index is 0.269. The molecule has 1 atom stereocenters. The maximum absolute atomic E-state index is 13.4. The molecule has 0 aromatic heterocycles. The highest BCUT2D eigenvalue weighted by Gasteiger charge is 2.26. The summed E-state index contributed by atoms with van der Waals surface area (Å²) in [5.41, 5.74) is -0.844. The van der Waals surface area contributed by atoms with Gasteiger partial charge in [0.2, 0.25) is 10.0 Å². The Labute approximate surface area is 116 Å². The van der Waals surface area contributed by atoms with Crippen LogP contribution in [-0.2, 0) is 10.0 Å². The van der Waals surface area contributed by atoms with Crippen molar-refractivity contribution in [3.8, 4) is 0 Å². The number of sulfonamides is 1. The summed E-state index contributed by atoms with van der Waals surface area (Å²) in [4.78, 5) is 9.30. The molecule has 0 aliphatic carbocycles. The first kappa shape index (κ1) is 17.3. The zero-order valence-electron chi connectivity index (χ0n) is 10.1. The van der Waals surface area contributed by atoms with E-state index in [1.54, 1.807) is 0 Å². The SMILES string of the molecule is O=C(O)c1cc(F)c(F)c(S(=O)(=O)NCC(O)C(F)F)c1. The lowest BCUT2D eigenvalue weighted by Gasteiger charge is -2.12. The van der Waals surface area contributed by atoms with Gasteiger partial charge in [-0.2, -0.15) is 0 Å². The summed E-state index contributed by atoms with van der Waals surface area (Å²) in [6.07, 6.45) is -5.60. The molecule has 0 aliphatic heterocycles. The van der Waals surface area contributed by atoms with Gasteiger partial charge in [0.05, 0.1) is 5.56 Å². The summed E-state index contributed by atoms with van der Waals surface area (Å²) in [5.74, 6) is -5.30. The van der Waals surface area contributed by atoms with Crippen molar-refractivity contribution in [2.75, 3.05) is 6.54 Å². The number of rotatable bonds is 6. The van der Waals surface area contributed by atoms with Crippen LogP contribution in [-0.4, -0.2) is 43.7 Å². The van der Waals surface area contributed by atoms with Gasteiger partial charge in [-0.25, -0.2) is 35.5 Å². The van der Waals surface area contributed by atoms with Gasteiger partial charge in [0, 0.05) is 6.54 Å². The highest BCUT2D eigenvalue weighted by atomic mass is 32.2. The third-order valence-electron chi connectivity index (χ3n) is 2.30. The number of carbonyl (C=O) groups is 1. The molecule has 3 N–H and O–H groups in total. The Morgan fingerprint density at radius 3 is 2.33 bits per heavy atom. The molecule has 0 fully saturated rings. The van der Waals surface area contributed by atoms with Crippen LogP contribution in [0.3, 0.4) is 0 Å². The zero-order valence-corrected chi connectivity index (χ0v) is 10.9. The van der Waals surface area contributed by atoms with E-state index in [4.69, 9.17) is 10.2 Å². The van der Waals surface area contributed by atoms with Crippen LogP contribution in [0.25, 0.3) is 0 Å². The minimum Gasteiger partial charge on any atom is -0.478 e. The van der Waals surface area contributed by atoms with Crippen LogP contribution >= 0.6 is 0 Å². The molecule has 1 rings (SSSR count). The summed E-state index contributed by atoms with van der Waals surface area (Å²) in [7, 11) is -4.82. The van der Waals surface area contributed by atoms with Crippen LogP contribution in [0, 0.1) is 11.6 Å². The van der Waals surface area contributed by atoms with E-state index in [1.807, 2.05) is 0 Å². The first-order chi connectivity index (χ1) is 9.56. The Balaban J connectivity index is 3.16. The van der Waals surface area contributed by atoms with Crippen molar-refractivity contribution in [1.82, 2.24) is 4.72 Å².